The first-order valence-corrected chi connectivity index (χ1v) is 12.2. The Hall–Kier alpha value is -1.71. The summed E-state index contributed by atoms with van der Waals surface area (Å²) in [4.78, 5) is 6.47. The van der Waals surface area contributed by atoms with Crippen LogP contribution in [0, 0.1) is 0 Å². The number of nitrogens with zero attached hydrogens (tertiary/aromatic N) is 4. The second-order valence-electron chi connectivity index (χ2n) is 8.36. The van der Waals surface area contributed by atoms with Gasteiger partial charge in [0.2, 0.25) is 15.0 Å². The van der Waals surface area contributed by atoms with Gasteiger partial charge in [-0.15, -0.1) is 0 Å². The fraction of sp³-hybridized carbons (Fsp3) is 0.700. The molecule has 2 aromatic rings. The number of nitrogens with one attached hydrogen (secondary N) is 1. The summed E-state index contributed by atoms with van der Waals surface area (Å²) in [5.74, 6) is 0.743. The fourth-order valence-electron chi connectivity index (χ4n) is 3.99. The smallest absolute Gasteiger partial charge is 0.227 e. The molecule has 1 aliphatic heterocycles. The summed E-state index contributed by atoms with van der Waals surface area (Å²) in [5.41, 5.74) is 3.14. The number of hydrogen-bond donors (Lipinski definition) is 1. The number of imidazole rings is 1. The summed E-state index contributed by atoms with van der Waals surface area (Å²) in [6.45, 7) is 4.49. The monoisotopic (exact) mass is 421 g/mol. The summed E-state index contributed by atoms with van der Waals surface area (Å²) < 4.78 is 33.1. The number of hydrogen-bond acceptors (Lipinski definition) is 6. The van der Waals surface area contributed by atoms with Crippen LogP contribution in [0.1, 0.15) is 62.0 Å². The van der Waals surface area contributed by atoms with E-state index in [9.17, 15) is 8.42 Å². The highest BCUT2D eigenvalue weighted by Crippen LogP contribution is 2.39. The highest BCUT2D eigenvalue weighted by Gasteiger charge is 2.27. The normalized spacial score (nSPS) is 20.0. The van der Waals surface area contributed by atoms with Crippen LogP contribution in [-0.2, 0) is 34.2 Å². The largest absolute Gasteiger partial charge is 0.376 e. The summed E-state index contributed by atoms with van der Waals surface area (Å²) in [5, 5.41) is 7.73. The molecule has 2 aromatic heterocycles. The highest BCUT2D eigenvalue weighted by molar-refractivity contribution is 7.91. The molecule has 9 heteroatoms. The van der Waals surface area contributed by atoms with Gasteiger partial charge in [0.1, 0.15) is 0 Å². The van der Waals surface area contributed by atoms with Gasteiger partial charge in [-0.2, -0.15) is 5.10 Å². The maximum atomic E-state index is 12.7. The molecule has 1 N–H and O–H groups in total. The first kappa shape index (κ1) is 20.6. The minimum atomic E-state index is -3.39. The summed E-state index contributed by atoms with van der Waals surface area (Å²) in [6, 6.07) is 2.15. The fourth-order valence-corrected chi connectivity index (χ4v) is 5.45. The van der Waals surface area contributed by atoms with Gasteiger partial charge >= 0.3 is 0 Å². The van der Waals surface area contributed by atoms with E-state index in [4.69, 9.17) is 4.74 Å². The van der Waals surface area contributed by atoms with Crippen molar-refractivity contribution in [1.29, 1.82) is 0 Å². The van der Waals surface area contributed by atoms with Gasteiger partial charge in [0, 0.05) is 31.3 Å². The van der Waals surface area contributed by atoms with Crippen LogP contribution in [0.3, 0.4) is 0 Å². The molecule has 8 nitrogen and oxygen atoms in total. The minimum Gasteiger partial charge on any atom is -0.376 e. The van der Waals surface area contributed by atoms with Crippen LogP contribution in [0.2, 0.25) is 0 Å². The Balaban J connectivity index is 1.50. The van der Waals surface area contributed by atoms with E-state index in [1.54, 1.807) is 6.20 Å². The molecular formula is C20H31N5O3S. The molecule has 1 unspecified atom stereocenters. The standard InChI is InChI=1S/C20H31N5O3S/c1-3-9-29(26,27)20-21-11-17(25(20)14-18-5-4-8-28-18)13-24(2)12-16-10-19(23-22-16)15-6-7-15/h10-11,15,18H,3-9,12-14H2,1-2H3,(H,22,23). The van der Waals surface area contributed by atoms with E-state index in [0.29, 0.717) is 25.4 Å². The number of ether oxygens (including phenoxy) is 1. The van der Waals surface area contributed by atoms with E-state index in [1.807, 2.05) is 18.5 Å². The van der Waals surface area contributed by atoms with E-state index in [0.717, 1.165) is 43.1 Å². The highest BCUT2D eigenvalue weighted by atomic mass is 32.2. The van der Waals surface area contributed by atoms with Crippen molar-refractivity contribution < 1.29 is 13.2 Å². The van der Waals surface area contributed by atoms with Crippen molar-refractivity contribution in [3.05, 3.63) is 29.3 Å². The average molecular weight is 422 g/mol. The van der Waals surface area contributed by atoms with Gasteiger partial charge in [-0.3, -0.25) is 10.00 Å². The number of aromatic amines is 1. The third-order valence-electron chi connectivity index (χ3n) is 5.58. The lowest BCUT2D eigenvalue weighted by molar-refractivity contribution is 0.0934. The predicted octanol–water partition coefficient (Wildman–Crippen LogP) is 2.48. The van der Waals surface area contributed by atoms with Crippen LogP contribution in [0.5, 0.6) is 0 Å². The molecule has 2 fully saturated rings. The number of aromatic nitrogens is 4. The second-order valence-corrected chi connectivity index (χ2v) is 10.4. The lowest BCUT2D eigenvalue weighted by Gasteiger charge is -2.20. The van der Waals surface area contributed by atoms with Gasteiger partial charge in [-0.1, -0.05) is 6.92 Å². The Labute approximate surface area is 172 Å². The van der Waals surface area contributed by atoms with E-state index in [1.165, 1.54) is 12.8 Å². The zero-order valence-corrected chi connectivity index (χ0v) is 18.1. The maximum Gasteiger partial charge on any atom is 0.227 e. The topological polar surface area (TPSA) is 93.1 Å². The molecule has 160 valence electrons. The van der Waals surface area contributed by atoms with Gasteiger partial charge in [0.15, 0.2) is 0 Å². The van der Waals surface area contributed by atoms with Gasteiger partial charge in [0.25, 0.3) is 0 Å². The van der Waals surface area contributed by atoms with Gasteiger partial charge in [-0.25, -0.2) is 13.4 Å². The zero-order valence-electron chi connectivity index (χ0n) is 17.3. The van der Waals surface area contributed by atoms with Crippen molar-refractivity contribution in [2.75, 3.05) is 19.4 Å². The van der Waals surface area contributed by atoms with Crippen LogP contribution in [0.25, 0.3) is 0 Å². The quantitative estimate of drug-likeness (QED) is 0.633. The lowest BCUT2D eigenvalue weighted by atomic mass is 10.2. The Kier molecular flexibility index (Phi) is 6.08. The van der Waals surface area contributed by atoms with Gasteiger partial charge in [0.05, 0.1) is 36.0 Å². The van der Waals surface area contributed by atoms with Crippen molar-refractivity contribution in [3.63, 3.8) is 0 Å². The number of H-pyrrole nitrogens is 1. The molecule has 0 aromatic carbocycles. The van der Waals surface area contributed by atoms with Crippen LogP contribution in [0.4, 0.5) is 0 Å². The molecule has 1 atom stereocenters. The van der Waals surface area contributed by atoms with Crippen molar-refractivity contribution >= 4 is 9.84 Å². The molecule has 1 aliphatic carbocycles. The Morgan fingerprint density at radius 1 is 1.31 bits per heavy atom. The molecule has 3 heterocycles. The molecule has 0 amide bonds. The molecule has 1 saturated heterocycles. The molecule has 0 bridgehead atoms. The van der Waals surface area contributed by atoms with E-state index in [-0.39, 0.29) is 17.0 Å². The molecule has 2 aliphatic rings. The third kappa shape index (κ3) is 4.90. The lowest BCUT2D eigenvalue weighted by Crippen LogP contribution is -2.25. The molecule has 1 saturated carbocycles. The second kappa shape index (κ2) is 8.57. The summed E-state index contributed by atoms with van der Waals surface area (Å²) in [7, 11) is -1.37. The summed E-state index contributed by atoms with van der Waals surface area (Å²) >= 11 is 0. The first-order chi connectivity index (χ1) is 14.0. The molecule has 0 radical (unpaired) electrons. The van der Waals surface area contributed by atoms with Gasteiger partial charge < -0.3 is 9.30 Å². The minimum absolute atomic E-state index is 0.0533. The molecule has 29 heavy (non-hydrogen) atoms. The Bertz CT molecular complexity index is 926. The molecule has 0 spiro atoms. The zero-order chi connectivity index (χ0) is 20.4. The number of rotatable bonds is 10. The Morgan fingerprint density at radius 2 is 2.14 bits per heavy atom. The van der Waals surface area contributed by atoms with Crippen molar-refractivity contribution in [2.45, 2.75) is 75.8 Å². The SMILES string of the molecule is CCCS(=O)(=O)c1ncc(CN(C)Cc2cc(C3CC3)n[nH]2)n1CC1CCCO1. The van der Waals surface area contributed by atoms with Crippen molar-refractivity contribution in [2.24, 2.45) is 0 Å². The average Bonchev–Trinajstić information content (AvgIpc) is 3.05. The predicted molar refractivity (Wildman–Crippen MR) is 109 cm³/mol. The number of sulfone groups is 1. The van der Waals surface area contributed by atoms with Crippen LogP contribution in [0.15, 0.2) is 17.4 Å². The van der Waals surface area contributed by atoms with Crippen LogP contribution >= 0.6 is 0 Å². The van der Waals surface area contributed by atoms with Crippen molar-refractivity contribution in [1.82, 2.24) is 24.6 Å². The third-order valence-corrected chi connectivity index (χ3v) is 7.41. The maximum absolute atomic E-state index is 12.7. The van der Waals surface area contributed by atoms with Crippen molar-refractivity contribution in [3.8, 4) is 0 Å². The summed E-state index contributed by atoms with van der Waals surface area (Å²) in [6.07, 6.45) is 6.78. The van der Waals surface area contributed by atoms with E-state index in [2.05, 4.69) is 26.1 Å². The van der Waals surface area contributed by atoms with Crippen LogP contribution in [-0.4, -0.2) is 58.6 Å². The molecule has 4 rings (SSSR count). The van der Waals surface area contributed by atoms with Crippen LogP contribution < -0.4 is 0 Å². The van der Waals surface area contributed by atoms with E-state index >= 15 is 0 Å². The Morgan fingerprint density at radius 3 is 2.83 bits per heavy atom. The van der Waals surface area contributed by atoms with E-state index < -0.39 is 9.84 Å². The molecular weight excluding hydrogens is 390 g/mol. The first-order valence-electron chi connectivity index (χ1n) is 10.6. The van der Waals surface area contributed by atoms with Gasteiger partial charge in [-0.05, 0) is 45.2 Å².